The predicted octanol–water partition coefficient (Wildman–Crippen LogP) is 0.898. The number of aromatic nitrogens is 2. The first-order valence-corrected chi connectivity index (χ1v) is 6.61. The number of hydrogen-bond donors (Lipinski definition) is 1. The van der Waals surface area contributed by atoms with Crippen LogP contribution in [-0.2, 0) is 29.1 Å². The molecule has 1 atom stereocenters. The Kier molecular flexibility index (Phi) is 3.87. The molecule has 1 aliphatic rings. The first kappa shape index (κ1) is 13.6. The van der Waals surface area contributed by atoms with Crippen LogP contribution in [0, 0.1) is 5.92 Å². The van der Waals surface area contributed by atoms with Crippen molar-refractivity contribution in [3.05, 3.63) is 17.5 Å². The molecule has 1 fully saturated rings. The van der Waals surface area contributed by atoms with E-state index in [4.69, 9.17) is 5.11 Å². The number of aryl methyl sites for hydroxylation is 2. The van der Waals surface area contributed by atoms with E-state index in [1.165, 1.54) is 0 Å². The van der Waals surface area contributed by atoms with Gasteiger partial charge in [0.1, 0.15) is 0 Å². The Bertz CT molecular complexity index is 495. The first-order valence-electron chi connectivity index (χ1n) is 6.61. The lowest BCUT2D eigenvalue weighted by Gasteiger charge is -2.16. The van der Waals surface area contributed by atoms with E-state index in [1.807, 2.05) is 24.6 Å². The molecule has 6 nitrogen and oxygen atoms in total. The van der Waals surface area contributed by atoms with Crippen molar-refractivity contribution in [1.82, 2.24) is 14.7 Å². The van der Waals surface area contributed by atoms with Crippen molar-refractivity contribution >= 4 is 11.9 Å². The molecule has 0 aliphatic carbocycles. The highest BCUT2D eigenvalue weighted by molar-refractivity contribution is 5.86. The molecule has 1 saturated heterocycles. The minimum Gasteiger partial charge on any atom is -0.481 e. The van der Waals surface area contributed by atoms with E-state index in [-0.39, 0.29) is 12.3 Å². The van der Waals surface area contributed by atoms with Crippen LogP contribution < -0.4 is 0 Å². The van der Waals surface area contributed by atoms with Gasteiger partial charge in [-0.1, -0.05) is 6.92 Å². The van der Waals surface area contributed by atoms with Crippen LogP contribution in [0.25, 0.3) is 0 Å². The summed E-state index contributed by atoms with van der Waals surface area (Å²) in [5, 5.41) is 13.4. The van der Waals surface area contributed by atoms with Crippen molar-refractivity contribution in [1.29, 1.82) is 0 Å². The molecule has 6 heteroatoms. The SMILES string of the molecule is CCc1cc(CN2CC(C(=O)O)CC2=O)n(CC)n1. The second-order valence-electron chi connectivity index (χ2n) is 4.81. The molecule has 19 heavy (non-hydrogen) atoms. The van der Waals surface area contributed by atoms with Crippen molar-refractivity contribution in [2.24, 2.45) is 5.92 Å². The molecule has 1 aliphatic heterocycles. The maximum atomic E-state index is 11.8. The fourth-order valence-electron chi connectivity index (χ4n) is 2.37. The lowest BCUT2D eigenvalue weighted by Crippen LogP contribution is -2.27. The molecule has 0 aromatic carbocycles. The quantitative estimate of drug-likeness (QED) is 0.858. The van der Waals surface area contributed by atoms with E-state index in [0.29, 0.717) is 13.1 Å². The summed E-state index contributed by atoms with van der Waals surface area (Å²) in [7, 11) is 0. The average molecular weight is 265 g/mol. The summed E-state index contributed by atoms with van der Waals surface area (Å²) in [6.07, 6.45) is 0.960. The number of aliphatic carboxylic acids is 1. The molecule has 0 saturated carbocycles. The average Bonchev–Trinajstić information content (AvgIpc) is 2.94. The summed E-state index contributed by atoms with van der Waals surface area (Å²) in [6.45, 7) is 5.53. The Labute approximate surface area is 112 Å². The fourth-order valence-corrected chi connectivity index (χ4v) is 2.37. The van der Waals surface area contributed by atoms with Gasteiger partial charge < -0.3 is 10.0 Å². The predicted molar refractivity (Wildman–Crippen MR) is 68.4 cm³/mol. The summed E-state index contributed by atoms with van der Waals surface area (Å²) < 4.78 is 1.88. The van der Waals surface area contributed by atoms with Crippen molar-refractivity contribution in [3.8, 4) is 0 Å². The highest BCUT2D eigenvalue weighted by Gasteiger charge is 2.34. The molecule has 1 N–H and O–H groups in total. The van der Waals surface area contributed by atoms with Crippen molar-refractivity contribution in [2.45, 2.75) is 39.8 Å². The van der Waals surface area contributed by atoms with Gasteiger partial charge in [-0.05, 0) is 19.4 Å². The molecule has 1 aromatic rings. The van der Waals surface area contributed by atoms with E-state index in [1.54, 1.807) is 4.90 Å². The largest absolute Gasteiger partial charge is 0.481 e. The van der Waals surface area contributed by atoms with Crippen LogP contribution in [0.3, 0.4) is 0 Å². The van der Waals surface area contributed by atoms with Gasteiger partial charge in [0.25, 0.3) is 0 Å². The van der Waals surface area contributed by atoms with Crippen LogP contribution in [0.15, 0.2) is 6.07 Å². The molecule has 2 heterocycles. The van der Waals surface area contributed by atoms with Crippen LogP contribution in [0.4, 0.5) is 0 Å². The molecule has 0 radical (unpaired) electrons. The third kappa shape index (κ3) is 2.77. The maximum absolute atomic E-state index is 11.8. The van der Waals surface area contributed by atoms with Crippen LogP contribution in [0.1, 0.15) is 31.7 Å². The maximum Gasteiger partial charge on any atom is 0.308 e. The second kappa shape index (κ2) is 5.42. The summed E-state index contributed by atoms with van der Waals surface area (Å²) in [6, 6.07) is 1.99. The highest BCUT2D eigenvalue weighted by atomic mass is 16.4. The number of nitrogens with zero attached hydrogens (tertiary/aromatic N) is 3. The zero-order valence-corrected chi connectivity index (χ0v) is 11.3. The van der Waals surface area contributed by atoms with Gasteiger partial charge >= 0.3 is 5.97 Å². The van der Waals surface area contributed by atoms with E-state index >= 15 is 0 Å². The Morgan fingerprint density at radius 2 is 2.26 bits per heavy atom. The van der Waals surface area contributed by atoms with E-state index in [0.717, 1.165) is 24.4 Å². The smallest absolute Gasteiger partial charge is 0.308 e. The number of carboxylic acid groups (broad SMARTS) is 1. The molecule has 104 valence electrons. The minimum absolute atomic E-state index is 0.0886. The van der Waals surface area contributed by atoms with Gasteiger partial charge in [-0.3, -0.25) is 14.3 Å². The van der Waals surface area contributed by atoms with Gasteiger partial charge in [0, 0.05) is 19.5 Å². The van der Waals surface area contributed by atoms with Crippen LogP contribution in [0.5, 0.6) is 0 Å². The van der Waals surface area contributed by atoms with Gasteiger partial charge in [-0.25, -0.2) is 0 Å². The Morgan fingerprint density at radius 1 is 1.53 bits per heavy atom. The number of carbonyl (C=O) groups excluding carboxylic acids is 1. The van der Waals surface area contributed by atoms with Gasteiger partial charge in [-0.15, -0.1) is 0 Å². The third-order valence-electron chi connectivity index (χ3n) is 3.49. The molecule has 1 amide bonds. The molecule has 0 bridgehead atoms. The van der Waals surface area contributed by atoms with Gasteiger partial charge in [0.15, 0.2) is 0 Å². The number of hydrogen-bond acceptors (Lipinski definition) is 3. The van der Waals surface area contributed by atoms with Gasteiger partial charge in [-0.2, -0.15) is 5.10 Å². The first-order chi connectivity index (χ1) is 9.05. The van der Waals surface area contributed by atoms with Crippen LogP contribution in [-0.4, -0.2) is 38.2 Å². The second-order valence-corrected chi connectivity index (χ2v) is 4.81. The number of carbonyl (C=O) groups is 2. The van der Waals surface area contributed by atoms with Crippen LogP contribution in [0.2, 0.25) is 0 Å². The number of rotatable bonds is 5. The molecular weight excluding hydrogens is 246 g/mol. The molecule has 2 rings (SSSR count). The number of amides is 1. The van der Waals surface area contributed by atoms with E-state index in [2.05, 4.69) is 5.10 Å². The summed E-state index contributed by atoms with van der Waals surface area (Å²) in [5.74, 6) is -1.56. The summed E-state index contributed by atoms with van der Waals surface area (Å²) in [5.41, 5.74) is 1.97. The lowest BCUT2D eigenvalue weighted by atomic mass is 10.1. The standard InChI is InChI=1S/C13H19N3O3/c1-3-10-6-11(16(4-2)14-10)8-15-7-9(13(18)19)5-12(15)17/h6,9H,3-5,7-8H2,1-2H3,(H,18,19). The zero-order chi connectivity index (χ0) is 14.0. The topological polar surface area (TPSA) is 75.4 Å². The lowest BCUT2D eigenvalue weighted by molar-refractivity contribution is -0.141. The molecule has 1 aromatic heterocycles. The molecule has 0 spiro atoms. The number of likely N-dealkylation sites (tertiary alicyclic amines) is 1. The van der Waals surface area contributed by atoms with E-state index in [9.17, 15) is 9.59 Å². The number of carboxylic acids is 1. The van der Waals surface area contributed by atoms with Crippen molar-refractivity contribution < 1.29 is 14.7 Å². The zero-order valence-electron chi connectivity index (χ0n) is 11.3. The Morgan fingerprint density at radius 3 is 2.79 bits per heavy atom. The van der Waals surface area contributed by atoms with E-state index < -0.39 is 11.9 Å². The molecule has 1 unspecified atom stereocenters. The molecular formula is C13H19N3O3. The Balaban J connectivity index is 2.11. The third-order valence-corrected chi connectivity index (χ3v) is 3.49. The van der Waals surface area contributed by atoms with Crippen molar-refractivity contribution in [3.63, 3.8) is 0 Å². The fraction of sp³-hybridized carbons (Fsp3) is 0.615. The minimum atomic E-state index is -0.894. The van der Waals surface area contributed by atoms with Crippen molar-refractivity contribution in [2.75, 3.05) is 6.54 Å². The summed E-state index contributed by atoms with van der Waals surface area (Å²) >= 11 is 0. The van der Waals surface area contributed by atoms with Gasteiger partial charge in [0.05, 0.1) is 23.9 Å². The Hall–Kier alpha value is -1.85. The monoisotopic (exact) mass is 265 g/mol. The summed E-state index contributed by atoms with van der Waals surface area (Å²) in [4.78, 5) is 24.3. The van der Waals surface area contributed by atoms with Gasteiger partial charge in [0.2, 0.25) is 5.91 Å². The van der Waals surface area contributed by atoms with Crippen LogP contribution >= 0.6 is 0 Å². The highest BCUT2D eigenvalue weighted by Crippen LogP contribution is 2.20. The normalized spacial score (nSPS) is 19.2.